The van der Waals surface area contributed by atoms with Gasteiger partial charge < -0.3 is 15.2 Å². The van der Waals surface area contributed by atoms with Crippen LogP contribution in [0.2, 0.25) is 0 Å². The van der Waals surface area contributed by atoms with Crippen molar-refractivity contribution in [2.75, 3.05) is 12.0 Å². The van der Waals surface area contributed by atoms with E-state index in [1.165, 1.54) is 0 Å². The van der Waals surface area contributed by atoms with Gasteiger partial charge in [-0.15, -0.1) is 11.8 Å². The summed E-state index contributed by atoms with van der Waals surface area (Å²) >= 11 is 1.64. The van der Waals surface area contributed by atoms with Gasteiger partial charge in [0.15, 0.2) is 5.75 Å². The highest BCUT2D eigenvalue weighted by molar-refractivity contribution is 7.98. The highest BCUT2D eigenvalue weighted by Crippen LogP contribution is 2.37. The van der Waals surface area contributed by atoms with Crippen LogP contribution in [0.4, 0.5) is 5.69 Å². The third-order valence-corrected chi connectivity index (χ3v) is 3.45. The van der Waals surface area contributed by atoms with Crippen LogP contribution < -0.4 is 15.2 Å². The molecule has 0 saturated heterocycles. The largest absolute Gasteiger partial charge is 0.489 e. The fourth-order valence-electron chi connectivity index (χ4n) is 1.79. The molecule has 0 radical (unpaired) electrons. The molecule has 2 N–H and O–H groups in total. The van der Waals surface area contributed by atoms with Gasteiger partial charge in [-0.25, -0.2) is 0 Å². The molecule has 4 heteroatoms. The SMILES string of the molecule is CSc1ccccc1Oc1cccc(OC(C)C)c1N. The molecule has 2 rings (SSSR count). The second-order valence-corrected chi connectivity index (χ2v) is 5.44. The summed E-state index contributed by atoms with van der Waals surface area (Å²) in [5.41, 5.74) is 6.64. The number of hydrogen-bond acceptors (Lipinski definition) is 4. The molecule has 0 aliphatic carbocycles. The summed E-state index contributed by atoms with van der Waals surface area (Å²) in [6.45, 7) is 3.94. The van der Waals surface area contributed by atoms with E-state index < -0.39 is 0 Å². The molecule has 0 bridgehead atoms. The van der Waals surface area contributed by atoms with Crippen molar-refractivity contribution in [1.82, 2.24) is 0 Å². The second-order valence-electron chi connectivity index (χ2n) is 4.59. The Labute approximate surface area is 124 Å². The Hall–Kier alpha value is -1.81. The van der Waals surface area contributed by atoms with Crippen LogP contribution in [0.1, 0.15) is 13.8 Å². The van der Waals surface area contributed by atoms with Crippen molar-refractivity contribution < 1.29 is 9.47 Å². The van der Waals surface area contributed by atoms with Crippen LogP contribution in [0.15, 0.2) is 47.4 Å². The van der Waals surface area contributed by atoms with E-state index in [0.29, 0.717) is 17.2 Å². The van der Waals surface area contributed by atoms with E-state index in [0.717, 1.165) is 10.6 Å². The van der Waals surface area contributed by atoms with Gasteiger partial charge in [-0.1, -0.05) is 18.2 Å². The lowest BCUT2D eigenvalue weighted by atomic mass is 10.2. The monoisotopic (exact) mass is 289 g/mol. The van der Waals surface area contributed by atoms with E-state index in [4.69, 9.17) is 15.2 Å². The predicted octanol–water partition coefficient (Wildman–Crippen LogP) is 4.57. The summed E-state index contributed by atoms with van der Waals surface area (Å²) in [4.78, 5) is 1.07. The molecule has 0 aromatic heterocycles. The van der Waals surface area contributed by atoms with Crippen molar-refractivity contribution in [2.24, 2.45) is 0 Å². The lowest BCUT2D eigenvalue weighted by Crippen LogP contribution is -2.07. The van der Waals surface area contributed by atoms with Gasteiger partial charge in [-0.2, -0.15) is 0 Å². The van der Waals surface area contributed by atoms with Gasteiger partial charge in [-0.3, -0.25) is 0 Å². The maximum absolute atomic E-state index is 6.11. The van der Waals surface area contributed by atoms with E-state index in [2.05, 4.69) is 0 Å². The summed E-state index contributed by atoms with van der Waals surface area (Å²) in [6, 6.07) is 13.5. The highest BCUT2D eigenvalue weighted by Gasteiger charge is 2.11. The van der Waals surface area contributed by atoms with Crippen molar-refractivity contribution in [3.05, 3.63) is 42.5 Å². The Morgan fingerprint density at radius 1 is 0.950 bits per heavy atom. The molecule has 2 aromatic carbocycles. The molecule has 0 atom stereocenters. The fourth-order valence-corrected chi connectivity index (χ4v) is 2.32. The van der Waals surface area contributed by atoms with Crippen LogP contribution >= 0.6 is 11.8 Å². The standard InChI is InChI=1S/C16H19NO2S/c1-11(2)18-13-8-6-9-14(16(13)17)19-12-7-4-5-10-15(12)20-3/h4-11H,17H2,1-3H3. The maximum Gasteiger partial charge on any atom is 0.154 e. The van der Waals surface area contributed by atoms with Crippen molar-refractivity contribution in [2.45, 2.75) is 24.8 Å². The zero-order valence-corrected chi connectivity index (χ0v) is 12.7. The molecular weight excluding hydrogens is 270 g/mol. The molecule has 0 saturated carbocycles. The van der Waals surface area contributed by atoms with Crippen molar-refractivity contribution in [3.63, 3.8) is 0 Å². The maximum atomic E-state index is 6.11. The molecule has 106 valence electrons. The Kier molecular flexibility index (Phi) is 4.79. The van der Waals surface area contributed by atoms with Crippen molar-refractivity contribution in [1.29, 1.82) is 0 Å². The van der Waals surface area contributed by atoms with Crippen LogP contribution in [0.3, 0.4) is 0 Å². The molecule has 0 fully saturated rings. The molecule has 0 heterocycles. The Morgan fingerprint density at radius 2 is 1.60 bits per heavy atom. The van der Waals surface area contributed by atoms with Gasteiger partial charge in [0.05, 0.1) is 6.10 Å². The average Bonchev–Trinajstić information content (AvgIpc) is 2.43. The smallest absolute Gasteiger partial charge is 0.154 e. The first-order valence-electron chi connectivity index (χ1n) is 6.48. The number of benzene rings is 2. The van der Waals surface area contributed by atoms with E-state index in [1.807, 2.05) is 62.6 Å². The summed E-state index contributed by atoms with van der Waals surface area (Å²) in [5.74, 6) is 2.07. The normalized spacial score (nSPS) is 10.6. The number of rotatable bonds is 5. The molecule has 2 aromatic rings. The first-order chi connectivity index (χ1) is 9.61. The highest BCUT2D eigenvalue weighted by atomic mass is 32.2. The molecule has 0 unspecified atom stereocenters. The molecular formula is C16H19NO2S. The van der Waals surface area contributed by atoms with Gasteiger partial charge in [0.25, 0.3) is 0 Å². The minimum atomic E-state index is 0.0750. The van der Waals surface area contributed by atoms with Gasteiger partial charge in [-0.05, 0) is 44.4 Å². The van der Waals surface area contributed by atoms with Crippen LogP contribution in [0.5, 0.6) is 17.2 Å². The van der Waals surface area contributed by atoms with E-state index in [1.54, 1.807) is 11.8 Å². The van der Waals surface area contributed by atoms with E-state index in [9.17, 15) is 0 Å². The van der Waals surface area contributed by atoms with Crippen LogP contribution in [-0.4, -0.2) is 12.4 Å². The molecule has 0 aliphatic heterocycles. The number of anilines is 1. The Morgan fingerprint density at radius 3 is 2.30 bits per heavy atom. The molecule has 3 nitrogen and oxygen atoms in total. The molecule has 0 amide bonds. The fraction of sp³-hybridized carbons (Fsp3) is 0.250. The minimum absolute atomic E-state index is 0.0750. The zero-order chi connectivity index (χ0) is 14.5. The first-order valence-corrected chi connectivity index (χ1v) is 7.70. The van der Waals surface area contributed by atoms with Crippen LogP contribution in [0.25, 0.3) is 0 Å². The number of hydrogen-bond donors (Lipinski definition) is 1. The third kappa shape index (κ3) is 3.39. The van der Waals surface area contributed by atoms with Gasteiger partial charge in [0, 0.05) is 4.90 Å². The van der Waals surface area contributed by atoms with Gasteiger partial charge in [0.1, 0.15) is 17.2 Å². The lowest BCUT2D eigenvalue weighted by molar-refractivity contribution is 0.243. The van der Waals surface area contributed by atoms with Crippen molar-refractivity contribution >= 4 is 17.4 Å². The Balaban J connectivity index is 2.29. The number of ether oxygens (including phenoxy) is 2. The summed E-state index contributed by atoms with van der Waals surface area (Å²) in [5, 5.41) is 0. The number of thioether (sulfide) groups is 1. The van der Waals surface area contributed by atoms with E-state index >= 15 is 0 Å². The number of para-hydroxylation sites is 2. The average molecular weight is 289 g/mol. The zero-order valence-electron chi connectivity index (χ0n) is 11.9. The molecule has 0 spiro atoms. The predicted molar refractivity (Wildman–Crippen MR) is 84.9 cm³/mol. The van der Waals surface area contributed by atoms with E-state index in [-0.39, 0.29) is 6.10 Å². The lowest BCUT2D eigenvalue weighted by Gasteiger charge is -2.16. The topological polar surface area (TPSA) is 44.5 Å². The summed E-state index contributed by atoms with van der Waals surface area (Å²) in [7, 11) is 0. The quantitative estimate of drug-likeness (QED) is 0.647. The van der Waals surface area contributed by atoms with Crippen LogP contribution in [0, 0.1) is 0 Å². The van der Waals surface area contributed by atoms with Crippen molar-refractivity contribution in [3.8, 4) is 17.2 Å². The van der Waals surface area contributed by atoms with Gasteiger partial charge >= 0.3 is 0 Å². The second kappa shape index (κ2) is 6.57. The third-order valence-electron chi connectivity index (χ3n) is 2.68. The van der Waals surface area contributed by atoms with Gasteiger partial charge in [0.2, 0.25) is 0 Å². The first kappa shape index (κ1) is 14.6. The molecule has 0 aliphatic rings. The van der Waals surface area contributed by atoms with Crippen LogP contribution in [-0.2, 0) is 0 Å². The Bertz CT molecular complexity index is 584. The summed E-state index contributed by atoms with van der Waals surface area (Å²) in [6.07, 6.45) is 2.09. The number of nitrogens with two attached hydrogens (primary N) is 1. The summed E-state index contributed by atoms with van der Waals surface area (Å²) < 4.78 is 11.6. The minimum Gasteiger partial charge on any atom is -0.489 e. The molecule has 20 heavy (non-hydrogen) atoms. The number of nitrogen functional groups attached to an aromatic ring is 1.